The van der Waals surface area contributed by atoms with E-state index in [2.05, 4.69) is 18.8 Å². The molecule has 0 N–H and O–H groups in total. The predicted molar refractivity (Wildman–Crippen MR) is 132 cm³/mol. The Morgan fingerprint density at radius 3 is 2.68 bits per heavy atom. The number of nitrogens with zero attached hydrogens (tertiary/aromatic N) is 2. The number of pyridine rings is 1. The first kappa shape index (κ1) is 21.9. The lowest BCUT2D eigenvalue weighted by atomic mass is 9.98. The van der Waals surface area contributed by atoms with Crippen molar-refractivity contribution < 1.29 is 13.9 Å². The fourth-order valence-corrected chi connectivity index (χ4v) is 4.37. The Morgan fingerprint density at radius 2 is 1.88 bits per heavy atom. The van der Waals surface area contributed by atoms with Gasteiger partial charge in [0.05, 0.1) is 23.6 Å². The molecule has 0 saturated heterocycles. The van der Waals surface area contributed by atoms with Gasteiger partial charge in [0.15, 0.2) is 5.43 Å². The van der Waals surface area contributed by atoms with Crippen molar-refractivity contribution in [2.24, 2.45) is 5.92 Å². The predicted octanol–water partition coefficient (Wildman–Crippen LogP) is 5.67. The zero-order valence-corrected chi connectivity index (χ0v) is 19.4. The van der Waals surface area contributed by atoms with Crippen molar-refractivity contribution in [3.8, 4) is 5.75 Å². The Balaban J connectivity index is 1.69. The van der Waals surface area contributed by atoms with Crippen molar-refractivity contribution in [1.82, 2.24) is 4.98 Å². The van der Waals surface area contributed by atoms with Crippen LogP contribution in [0, 0.1) is 12.8 Å². The van der Waals surface area contributed by atoms with Crippen LogP contribution < -0.4 is 15.1 Å². The number of amides is 1. The third kappa shape index (κ3) is 3.75. The summed E-state index contributed by atoms with van der Waals surface area (Å²) < 4.78 is 12.0. The van der Waals surface area contributed by atoms with Gasteiger partial charge in [0, 0.05) is 6.20 Å². The fraction of sp³-hybridized carbons (Fsp3) is 0.250. The van der Waals surface area contributed by atoms with Gasteiger partial charge in [-0.05, 0) is 60.7 Å². The maximum atomic E-state index is 13.7. The minimum atomic E-state index is -0.675. The minimum absolute atomic E-state index is 0.0601. The van der Waals surface area contributed by atoms with Gasteiger partial charge >= 0.3 is 0 Å². The number of rotatable bonds is 6. The molecule has 2 aromatic carbocycles. The summed E-state index contributed by atoms with van der Waals surface area (Å²) in [4.78, 5) is 33.4. The second-order valence-corrected chi connectivity index (χ2v) is 9.00. The molecule has 0 radical (unpaired) electrons. The monoisotopic (exact) mass is 454 g/mol. The number of para-hydroxylation sites is 1. The van der Waals surface area contributed by atoms with E-state index in [0.717, 1.165) is 17.5 Å². The molecule has 0 aliphatic carbocycles. The summed E-state index contributed by atoms with van der Waals surface area (Å²) in [5, 5.41) is 0.447. The van der Waals surface area contributed by atoms with Crippen molar-refractivity contribution >= 4 is 22.7 Å². The average molecular weight is 455 g/mol. The van der Waals surface area contributed by atoms with Gasteiger partial charge in [-0.25, -0.2) is 4.98 Å². The first-order valence-corrected chi connectivity index (χ1v) is 11.5. The number of hydrogen-bond donors (Lipinski definition) is 0. The first-order chi connectivity index (χ1) is 16.5. The van der Waals surface area contributed by atoms with E-state index in [1.807, 2.05) is 43.3 Å². The Bertz CT molecular complexity index is 1440. The van der Waals surface area contributed by atoms with Crippen LogP contribution in [0.25, 0.3) is 11.0 Å². The van der Waals surface area contributed by atoms with Crippen LogP contribution in [0.2, 0.25) is 0 Å². The summed E-state index contributed by atoms with van der Waals surface area (Å²) in [6.45, 7) is 6.79. The molecule has 1 aliphatic rings. The van der Waals surface area contributed by atoms with Gasteiger partial charge < -0.3 is 9.15 Å². The molecule has 0 fully saturated rings. The molecule has 4 aromatic rings. The maximum Gasteiger partial charge on any atom is 0.296 e. The molecule has 1 atom stereocenters. The quantitative estimate of drug-likeness (QED) is 0.375. The topological polar surface area (TPSA) is 72.6 Å². The highest BCUT2D eigenvalue weighted by atomic mass is 16.5. The molecule has 0 unspecified atom stereocenters. The molecule has 6 heteroatoms. The average Bonchev–Trinajstić information content (AvgIpc) is 3.12. The molecule has 3 heterocycles. The lowest BCUT2D eigenvalue weighted by molar-refractivity contribution is 0.0970. The summed E-state index contributed by atoms with van der Waals surface area (Å²) >= 11 is 0. The third-order valence-corrected chi connectivity index (χ3v) is 6.13. The highest BCUT2D eigenvalue weighted by Gasteiger charge is 2.44. The number of fused-ring (bicyclic) bond motifs is 2. The van der Waals surface area contributed by atoms with Crippen molar-refractivity contribution in [1.29, 1.82) is 0 Å². The second-order valence-electron chi connectivity index (χ2n) is 9.00. The number of aryl methyl sites for hydroxylation is 1. The molecule has 6 nitrogen and oxygen atoms in total. The molecule has 5 rings (SSSR count). The van der Waals surface area contributed by atoms with E-state index in [1.54, 1.807) is 35.4 Å². The van der Waals surface area contributed by atoms with Gasteiger partial charge in [-0.3, -0.25) is 14.5 Å². The van der Waals surface area contributed by atoms with Crippen molar-refractivity contribution in [3.63, 3.8) is 0 Å². The van der Waals surface area contributed by atoms with Gasteiger partial charge in [-0.2, -0.15) is 0 Å². The molecule has 0 spiro atoms. The number of aromatic nitrogens is 1. The second kappa shape index (κ2) is 8.78. The Labute approximate surface area is 197 Å². The fourth-order valence-electron chi connectivity index (χ4n) is 4.37. The van der Waals surface area contributed by atoms with E-state index >= 15 is 0 Å². The van der Waals surface area contributed by atoms with Gasteiger partial charge in [0.1, 0.15) is 17.2 Å². The molecule has 2 aromatic heterocycles. The zero-order chi connectivity index (χ0) is 23.8. The molecular formula is C28H26N2O4. The minimum Gasteiger partial charge on any atom is -0.494 e. The number of benzene rings is 2. The number of hydrogen-bond acceptors (Lipinski definition) is 5. The van der Waals surface area contributed by atoms with E-state index in [0.29, 0.717) is 40.6 Å². The number of ether oxygens (including phenoxy) is 1. The molecular weight excluding hydrogens is 428 g/mol. The smallest absolute Gasteiger partial charge is 0.296 e. The summed E-state index contributed by atoms with van der Waals surface area (Å²) in [7, 11) is 0. The summed E-state index contributed by atoms with van der Waals surface area (Å²) in [6, 6.07) is 17.6. The van der Waals surface area contributed by atoms with Crippen LogP contribution in [0.15, 0.2) is 76.1 Å². The standard InChI is InChI=1S/C28H26N2O4/c1-17(2)13-15-33-20-10-6-9-19(16-20)24-23-25(31)21-11-4-5-12-22(21)34-26(23)28(32)30(24)27-18(3)8-7-14-29-27/h4-12,14,16-17,24H,13,15H2,1-3H3/t24-/m1/s1. The van der Waals surface area contributed by atoms with E-state index in [1.165, 1.54) is 0 Å². The lowest BCUT2D eigenvalue weighted by Gasteiger charge is -2.25. The van der Waals surface area contributed by atoms with Gasteiger partial charge in [-0.1, -0.05) is 44.2 Å². The summed E-state index contributed by atoms with van der Waals surface area (Å²) in [5.74, 6) is 1.41. The Hall–Kier alpha value is -3.93. The van der Waals surface area contributed by atoms with Crippen LogP contribution in [-0.2, 0) is 0 Å². The molecule has 1 amide bonds. The van der Waals surface area contributed by atoms with Crippen molar-refractivity contribution in [2.75, 3.05) is 11.5 Å². The molecule has 0 bridgehead atoms. The van der Waals surface area contributed by atoms with Gasteiger partial charge in [0.25, 0.3) is 5.91 Å². The van der Waals surface area contributed by atoms with Crippen LogP contribution in [-0.4, -0.2) is 17.5 Å². The van der Waals surface area contributed by atoms with Gasteiger partial charge in [-0.15, -0.1) is 0 Å². The van der Waals surface area contributed by atoms with Crippen molar-refractivity contribution in [3.05, 3.63) is 99.5 Å². The van der Waals surface area contributed by atoms with Crippen LogP contribution in [0.4, 0.5) is 5.82 Å². The largest absolute Gasteiger partial charge is 0.494 e. The lowest BCUT2D eigenvalue weighted by Crippen LogP contribution is -2.31. The summed E-state index contributed by atoms with van der Waals surface area (Å²) in [6.07, 6.45) is 2.58. The molecule has 1 aliphatic heterocycles. The van der Waals surface area contributed by atoms with Gasteiger partial charge in [0.2, 0.25) is 5.76 Å². The first-order valence-electron chi connectivity index (χ1n) is 11.5. The van der Waals surface area contributed by atoms with E-state index < -0.39 is 6.04 Å². The van der Waals surface area contributed by atoms with E-state index in [-0.39, 0.29) is 17.1 Å². The highest BCUT2D eigenvalue weighted by molar-refractivity contribution is 6.10. The van der Waals surface area contributed by atoms with Crippen LogP contribution in [0.3, 0.4) is 0 Å². The highest BCUT2D eigenvalue weighted by Crippen LogP contribution is 2.42. The SMILES string of the molecule is Cc1cccnc1N1C(=O)c2oc3ccccc3c(=O)c2[C@H]1c1cccc(OCCC(C)C)c1. The van der Waals surface area contributed by atoms with Crippen LogP contribution >= 0.6 is 0 Å². The zero-order valence-electron chi connectivity index (χ0n) is 19.4. The molecule has 172 valence electrons. The van der Waals surface area contributed by atoms with E-state index in [4.69, 9.17) is 9.15 Å². The molecule has 0 saturated carbocycles. The summed E-state index contributed by atoms with van der Waals surface area (Å²) in [5.41, 5.74) is 2.10. The number of carbonyl (C=O) groups excluding carboxylic acids is 1. The van der Waals surface area contributed by atoms with E-state index in [9.17, 15) is 9.59 Å². The maximum absolute atomic E-state index is 13.7. The Morgan fingerprint density at radius 1 is 1.06 bits per heavy atom. The van der Waals surface area contributed by atoms with Crippen LogP contribution in [0.5, 0.6) is 5.75 Å². The number of anilines is 1. The van der Waals surface area contributed by atoms with Crippen LogP contribution in [0.1, 0.15) is 53.6 Å². The normalized spacial score (nSPS) is 15.2. The Kier molecular flexibility index (Phi) is 5.65. The third-order valence-electron chi connectivity index (χ3n) is 6.13. The number of carbonyl (C=O) groups is 1. The van der Waals surface area contributed by atoms with Crippen molar-refractivity contribution in [2.45, 2.75) is 33.2 Å². The molecule has 34 heavy (non-hydrogen) atoms.